The van der Waals surface area contributed by atoms with Gasteiger partial charge in [-0.25, -0.2) is 0 Å². The molecule has 1 saturated heterocycles. The Bertz CT molecular complexity index is 896. The van der Waals surface area contributed by atoms with Crippen molar-refractivity contribution in [3.63, 3.8) is 0 Å². The molecule has 3 rings (SSSR count). The molecule has 1 fully saturated rings. The van der Waals surface area contributed by atoms with E-state index in [1.165, 1.54) is 12.1 Å². The normalized spacial score (nSPS) is 14.4. The predicted molar refractivity (Wildman–Crippen MR) is 117 cm³/mol. The molecule has 0 aliphatic carbocycles. The smallest absolute Gasteiger partial charge is 0.270 e. The first-order chi connectivity index (χ1) is 14.3. The Morgan fingerprint density at radius 3 is 2.40 bits per heavy atom. The molecule has 2 aromatic rings. The summed E-state index contributed by atoms with van der Waals surface area (Å²) >= 11 is 5.87. The zero-order valence-electron chi connectivity index (χ0n) is 17.1. The van der Waals surface area contributed by atoms with E-state index in [0.717, 1.165) is 25.4 Å². The number of ether oxygens (including phenoxy) is 1. The minimum Gasteiger partial charge on any atom is -0.492 e. The Morgan fingerprint density at radius 2 is 1.80 bits per heavy atom. The number of non-ortho nitro benzene ring substituents is 1. The molecule has 0 bridgehead atoms. The van der Waals surface area contributed by atoms with Gasteiger partial charge in [0.2, 0.25) is 0 Å². The molecule has 0 spiro atoms. The zero-order valence-corrected chi connectivity index (χ0v) is 17.8. The van der Waals surface area contributed by atoms with Crippen molar-refractivity contribution in [3.05, 3.63) is 63.2 Å². The summed E-state index contributed by atoms with van der Waals surface area (Å²) in [6.07, 6.45) is 0. The first-order valence-electron chi connectivity index (χ1n) is 9.71. The first kappa shape index (κ1) is 21.9. The number of anilines is 1. The van der Waals surface area contributed by atoms with Gasteiger partial charge >= 0.3 is 0 Å². The molecule has 9 heteroatoms. The fourth-order valence-electron chi connectivity index (χ4n) is 3.37. The largest absolute Gasteiger partial charge is 0.492 e. The van der Waals surface area contributed by atoms with Crippen LogP contribution in [0.3, 0.4) is 0 Å². The summed E-state index contributed by atoms with van der Waals surface area (Å²) in [5.41, 5.74) is 0.944. The molecule has 0 N–H and O–H groups in total. The van der Waals surface area contributed by atoms with E-state index in [2.05, 4.69) is 4.90 Å². The van der Waals surface area contributed by atoms with Crippen LogP contribution in [0.25, 0.3) is 0 Å². The van der Waals surface area contributed by atoms with Crippen LogP contribution >= 0.6 is 11.6 Å². The Balaban J connectivity index is 1.55. The summed E-state index contributed by atoms with van der Waals surface area (Å²) in [7, 11) is 3.63. The van der Waals surface area contributed by atoms with E-state index in [1.54, 1.807) is 28.0 Å². The van der Waals surface area contributed by atoms with E-state index < -0.39 is 4.92 Å². The number of nitrogens with zero attached hydrogens (tertiary/aromatic N) is 4. The summed E-state index contributed by atoms with van der Waals surface area (Å²) < 4.78 is 5.73. The van der Waals surface area contributed by atoms with E-state index in [-0.39, 0.29) is 11.6 Å². The number of carbonyl (C=O) groups excluding carboxylic acids is 1. The van der Waals surface area contributed by atoms with Crippen LogP contribution in [0.2, 0.25) is 5.02 Å². The number of benzene rings is 2. The number of amides is 1. The number of piperazine rings is 1. The monoisotopic (exact) mass is 432 g/mol. The minimum absolute atomic E-state index is 0.0815. The molecule has 0 saturated carbocycles. The molecule has 8 nitrogen and oxygen atoms in total. The number of carbonyl (C=O) groups is 1. The van der Waals surface area contributed by atoms with Crippen LogP contribution in [0.4, 0.5) is 11.4 Å². The van der Waals surface area contributed by atoms with Gasteiger partial charge in [0.15, 0.2) is 0 Å². The Labute approximate surface area is 180 Å². The molecule has 0 aromatic heterocycles. The van der Waals surface area contributed by atoms with Crippen LogP contribution in [0.15, 0.2) is 42.5 Å². The fourth-order valence-corrected chi connectivity index (χ4v) is 3.49. The van der Waals surface area contributed by atoms with Gasteiger partial charge < -0.3 is 14.5 Å². The number of nitro benzene ring substituents is 1. The predicted octanol–water partition coefficient (Wildman–Crippen LogP) is 3.15. The van der Waals surface area contributed by atoms with Gasteiger partial charge in [0.25, 0.3) is 11.6 Å². The molecule has 0 atom stereocenters. The maximum atomic E-state index is 13.1. The topological polar surface area (TPSA) is 79.2 Å². The van der Waals surface area contributed by atoms with Crippen LogP contribution in [-0.2, 0) is 0 Å². The van der Waals surface area contributed by atoms with Crippen molar-refractivity contribution in [2.75, 3.05) is 58.3 Å². The summed E-state index contributed by atoms with van der Waals surface area (Å²) in [6, 6.07) is 11.7. The maximum absolute atomic E-state index is 13.1. The lowest BCUT2D eigenvalue weighted by atomic mass is 10.1. The van der Waals surface area contributed by atoms with Crippen LogP contribution < -0.4 is 9.64 Å². The molecule has 0 unspecified atom stereocenters. The van der Waals surface area contributed by atoms with Crippen molar-refractivity contribution < 1.29 is 14.5 Å². The van der Waals surface area contributed by atoms with Crippen LogP contribution in [-0.4, -0.2) is 74.1 Å². The summed E-state index contributed by atoms with van der Waals surface area (Å²) in [5, 5.41) is 11.8. The quantitative estimate of drug-likeness (QED) is 0.494. The summed E-state index contributed by atoms with van der Waals surface area (Å²) in [5.74, 6) is 0.592. The Morgan fingerprint density at radius 1 is 1.13 bits per heavy atom. The second-order valence-corrected chi connectivity index (χ2v) is 7.73. The molecule has 1 heterocycles. The van der Waals surface area contributed by atoms with Crippen molar-refractivity contribution in [2.24, 2.45) is 0 Å². The van der Waals surface area contributed by atoms with Gasteiger partial charge in [0.05, 0.1) is 10.5 Å². The standard InChI is InChI=1S/C21H25ClN4O4/c1-23(2)20-8-5-17(26(28)29)15-19(20)21(27)25-11-9-24(10-12-25)13-14-30-18-6-3-16(22)4-7-18/h3-8,15H,9-14H2,1-2H3. The number of halogens is 1. The Hall–Kier alpha value is -2.84. The molecule has 1 amide bonds. The lowest BCUT2D eigenvalue weighted by Gasteiger charge is -2.35. The summed E-state index contributed by atoms with van der Waals surface area (Å²) in [6.45, 7) is 3.88. The lowest BCUT2D eigenvalue weighted by molar-refractivity contribution is -0.384. The minimum atomic E-state index is -0.477. The number of hydrogen-bond acceptors (Lipinski definition) is 6. The van der Waals surface area contributed by atoms with Gasteiger partial charge in [-0.15, -0.1) is 0 Å². The van der Waals surface area contributed by atoms with Crippen LogP contribution in [0.1, 0.15) is 10.4 Å². The van der Waals surface area contributed by atoms with Crippen molar-refractivity contribution in [2.45, 2.75) is 0 Å². The van der Waals surface area contributed by atoms with Gasteiger partial charge in [-0.2, -0.15) is 0 Å². The average Bonchev–Trinajstić information content (AvgIpc) is 2.74. The van der Waals surface area contributed by atoms with Crippen LogP contribution in [0.5, 0.6) is 5.75 Å². The van der Waals surface area contributed by atoms with Crippen LogP contribution in [0, 0.1) is 10.1 Å². The van der Waals surface area contributed by atoms with E-state index in [9.17, 15) is 14.9 Å². The van der Waals surface area contributed by atoms with E-state index in [0.29, 0.717) is 36.0 Å². The SMILES string of the molecule is CN(C)c1ccc([N+](=O)[O-])cc1C(=O)N1CCN(CCOc2ccc(Cl)cc2)CC1. The molecule has 2 aromatic carbocycles. The lowest BCUT2D eigenvalue weighted by Crippen LogP contribution is -2.49. The maximum Gasteiger partial charge on any atom is 0.270 e. The van der Waals surface area contributed by atoms with Crippen molar-refractivity contribution in [1.82, 2.24) is 9.80 Å². The van der Waals surface area contributed by atoms with E-state index in [1.807, 2.05) is 26.2 Å². The first-order valence-corrected chi connectivity index (χ1v) is 10.1. The molecule has 1 aliphatic heterocycles. The molecular weight excluding hydrogens is 408 g/mol. The van der Waals surface area contributed by atoms with Gasteiger partial charge in [-0.3, -0.25) is 19.8 Å². The highest BCUT2D eigenvalue weighted by atomic mass is 35.5. The van der Waals surface area contributed by atoms with E-state index >= 15 is 0 Å². The third kappa shape index (κ3) is 5.40. The van der Waals surface area contributed by atoms with Crippen molar-refractivity contribution >= 4 is 28.9 Å². The van der Waals surface area contributed by atoms with E-state index in [4.69, 9.17) is 16.3 Å². The Kier molecular flexibility index (Phi) is 7.12. The number of nitro groups is 1. The molecule has 0 radical (unpaired) electrons. The second kappa shape index (κ2) is 9.77. The van der Waals surface area contributed by atoms with Gasteiger partial charge in [-0.1, -0.05) is 11.6 Å². The highest BCUT2D eigenvalue weighted by molar-refractivity contribution is 6.30. The summed E-state index contributed by atoms with van der Waals surface area (Å²) in [4.78, 5) is 29.5. The van der Waals surface area contributed by atoms with Crippen molar-refractivity contribution in [1.29, 1.82) is 0 Å². The number of hydrogen-bond donors (Lipinski definition) is 0. The van der Waals surface area contributed by atoms with Crippen molar-refractivity contribution in [3.8, 4) is 5.75 Å². The third-order valence-electron chi connectivity index (χ3n) is 5.05. The molecule has 1 aliphatic rings. The number of rotatable bonds is 7. The second-order valence-electron chi connectivity index (χ2n) is 7.29. The third-order valence-corrected chi connectivity index (χ3v) is 5.30. The van der Waals surface area contributed by atoms with Gasteiger partial charge in [0, 0.05) is 69.7 Å². The molecule has 160 valence electrons. The molecular formula is C21H25ClN4O4. The average molecular weight is 433 g/mol. The highest BCUT2D eigenvalue weighted by Crippen LogP contribution is 2.26. The van der Waals surface area contributed by atoms with Gasteiger partial charge in [-0.05, 0) is 30.3 Å². The van der Waals surface area contributed by atoms with Gasteiger partial charge in [0.1, 0.15) is 12.4 Å². The highest BCUT2D eigenvalue weighted by Gasteiger charge is 2.26. The zero-order chi connectivity index (χ0) is 21.7. The fraction of sp³-hybridized carbons (Fsp3) is 0.381. The molecule has 30 heavy (non-hydrogen) atoms.